The molecule has 20 heavy (non-hydrogen) atoms. The fourth-order valence-corrected chi connectivity index (χ4v) is 2.01. The van der Waals surface area contributed by atoms with Gasteiger partial charge in [0.15, 0.2) is 0 Å². The zero-order valence-corrected chi connectivity index (χ0v) is 11.7. The maximum absolute atomic E-state index is 11.8. The van der Waals surface area contributed by atoms with Crippen LogP contribution in [0.4, 0.5) is 0 Å². The van der Waals surface area contributed by atoms with E-state index >= 15 is 0 Å². The molecule has 0 saturated heterocycles. The Balaban J connectivity index is 1.89. The molecule has 0 bridgehead atoms. The average molecular weight is 272 g/mol. The number of benzene rings is 1. The molecule has 2 aromatic rings. The van der Waals surface area contributed by atoms with Crippen LogP contribution in [-0.4, -0.2) is 17.7 Å². The smallest absolute Gasteiger partial charge is 0.253 e. The van der Waals surface area contributed by atoms with Gasteiger partial charge in [0.2, 0.25) is 0 Å². The van der Waals surface area contributed by atoms with Gasteiger partial charge in [-0.15, -0.1) is 0 Å². The van der Waals surface area contributed by atoms with Crippen molar-refractivity contribution in [2.75, 3.05) is 13.2 Å². The molecule has 2 rings (SSSR count). The number of hydrogen-bond acceptors (Lipinski definition) is 3. The lowest BCUT2D eigenvalue weighted by Gasteiger charge is -2.09. The summed E-state index contributed by atoms with van der Waals surface area (Å²) in [5.41, 5.74) is 7.49. The van der Waals surface area contributed by atoms with Gasteiger partial charge in [0.25, 0.3) is 5.56 Å². The SMILES string of the molecule is Cc1cccn(CCOc2ccc(CCN)cc2)c1=O. The van der Waals surface area contributed by atoms with Gasteiger partial charge in [-0.1, -0.05) is 18.2 Å². The first-order valence-corrected chi connectivity index (χ1v) is 6.78. The minimum atomic E-state index is 0.0365. The normalized spacial score (nSPS) is 10.5. The van der Waals surface area contributed by atoms with Gasteiger partial charge in [-0.3, -0.25) is 4.79 Å². The summed E-state index contributed by atoms with van der Waals surface area (Å²) < 4.78 is 7.31. The van der Waals surface area contributed by atoms with Gasteiger partial charge in [0, 0.05) is 11.8 Å². The van der Waals surface area contributed by atoms with Crippen LogP contribution in [0.15, 0.2) is 47.4 Å². The van der Waals surface area contributed by atoms with Crippen LogP contribution in [0.5, 0.6) is 5.75 Å². The van der Waals surface area contributed by atoms with E-state index in [1.165, 1.54) is 5.56 Å². The summed E-state index contributed by atoms with van der Waals surface area (Å²) in [7, 11) is 0. The topological polar surface area (TPSA) is 57.2 Å². The number of rotatable bonds is 6. The summed E-state index contributed by atoms with van der Waals surface area (Å²) in [6, 6.07) is 11.6. The zero-order valence-electron chi connectivity index (χ0n) is 11.7. The molecule has 1 heterocycles. The monoisotopic (exact) mass is 272 g/mol. The van der Waals surface area contributed by atoms with E-state index in [9.17, 15) is 4.79 Å². The maximum Gasteiger partial charge on any atom is 0.253 e. The fourth-order valence-electron chi connectivity index (χ4n) is 2.01. The highest BCUT2D eigenvalue weighted by Crippen LogP contribution is 2.12. The van der Waals surface area contributed by atoms with Crippen molar-refractivity contribution in [2.45, 2.75) is 19.9 Å². The number of aromatic nitrogens is 1. The second-order valence-electron chi connectivity index (χ2n) is 4.72. The lowest BCUT2D eigenvalue weighted by atomic mass is 10.1. The Morgan fingerprint density at radius 3 is 2.65 bits per heavy atom. The predicted octanol–water partition coefficient (Wildman–Crippen LogP) is 1.74. The Morgan fingerprint density at radius 1 is 1.20 bits per heavy atom. The van der Waals surface area contributed by atoms with Crippen LogP contribution in [0, 0.1) is 6.92 Å². The highest BCUT2D eigenvalue weighted by molar-refractivity contribution is 5.27. The Hall–Kier alpha value is -2.07. The summed E-state index contributed by atoms with van der Waals surface area (Å²) in [4.78, 5) is 11.8. The molecule has 106 valence electrons. The van der Waals surface area contributed by atoms with Crippen LogP contribution in [0.1, 0.15) is 11.1 Å². The van der Waals surface area contributed by atoms with E-state index in [0.717, 1.165) is 17.7 Å². The number of pyridine rings is 1. The van der Waals surface area contributed by atoms with Crippen molar-refractivity contribution in [2.24, 2.45) is 5.73 Å². The minimum absolute atomic E-state index is 0.0365. The largest absolute Gasteiger partial charge is 0.492 e. The molecule has 1 aromatic carbocycles. The first-order chi connectivity index (χ1) is 9.70. The van der Waals surface area contributed by atoms with Gasteiger partial charge in [-0.05, 0) is 43.7 Å². The summed E-state index contributed by atoms with van der Waals surface area (Å²) in [5, 5.41) is 0. The molecule has 0 radical (unpaired) electrons. The number of nitrogens with two attached hydrogens (primary N) is 1. The lowest BCUT2D eigenvalue weighted by molar-refractivity contribution is 0.296. The molecule has 0 spiro atoms. The molecule has 0 unspecified atom stereocenters. The molecule has 0 aliphatic carbocycles. The highest BCUT2D eigenvalue weighted by atomic mass is 16.5. The van der Waals surface area contributed by atoms with Crippen molar-refractivity contribution < 1.29 is 4.74 Å². The summed E-state index contributed by atoms with van der Waals surface area (Å²) in [5.74, 6) is 0.812. The fraction of sp³-hybridized carbons (Fsp3) is 0.312. The van der Waals surface area contributed by atoms with Crippen molar-refractivity contribution in [3.63, 3.8) is 0 Å². The Labute approximate surface area is 118 Å². The average Bonchev–Trinajstić information content (AvgIpc) is 2.46. The van der Waals surface area contributed by atoms with Gasteiger partial charge < -0.3 is 15.0 Å². The van der Waals surface area contributed by atoms with Gasteiger partial charge in [-0.25, -0.2) is 0 Å². The number of aryl methyl sites for hydroxylation is 1. The summed E-state index contributed by atoms with van der Waals surface area (Å²) >= 11 is 0. The van der Waals surface area contributed by atoms with E-state index in [1.54, 1.807) is 10.8 Å². The number of ether oxygens (including phenoxy) is 1. The standard InChI is InChI=1S/C16H20N2O2/c1-13-3-2-10-18(16(13)19)11-12-20-15-6-4-14(5-7-15)8-9-17/h2-7,10H,8-9,11-12,17H2,1H3. The number of nitrogens with zero attached hydrogens (tertiary/aromatic N) is 1. The van der Waals surface area contributed by atoms with E-state index in [4.69, 9.17) is 10.5 Å². The predicted molar refractivity (Wildman–Crippen MR) is 80.1 cm³/mol. The maximum atomic E-state index is 11.8. The third-order valence-corrected chi connectivity index (χ3v) is 3.17. The molecular formula is C16H20N2O2. The Kier molecular flexibility index (Phi) is 4.96. The van der Waals surface area contributed by atoms with Crippen LogP contribution < -0.4 is 16.0 Å². The molecule has 1 aromatic heterocycles. The van der Waals surface area contributed by atoms with E-state index in [1.807, 2.05) is 43.3 Å². The molecule has 0 amide bonds. The van der Waals surface area contributed by atoms with Crippen LogP contribution in [0.3, 0.4) is 0 Å². The summed E-state index contributed by atoms with van der Waals surface area (Å²) in [6.07, 6.45) is 2.65. The Morgan fingerprint density at radius 2 is 1.95 bits per heavy atom. The third kappa shape index (κ3) is 3.71. The zero-order chi connectivity index (χ0) is 14.4. The van der Waals surface area contributed by atoms with E-state index in [2.05, 4.69) is 0 Å². The van der Waals surface area contributed by atoms with Crippen molar-refractivity contribution in [3.8, 4) is 5.75 Å². The second kappa shape index (κ2) is 6.91. The molecule has 2 N–H and O–H groups in total. The van der Waals surface area contributed by atoms with Crippen LogP contribution >= 0.6 is 0 Å². The van der Waals surface area contributed by atoms with Crippen molar-refractivity contribution in [3.05, 3.63) is 64.1 Å². The molecule has 0 aliphatic rings. The molecule has 0 fully saturated rings. The van der Waals surface area contributed by atoms with Gasteiger partial charge >= 0.3 is 0 Å². The van der Waals surface area contributed by atoms with Crippen molar-refractivity contribution >= 4 is 0 Å². The van der Waals surface area contributed by atoms with Gasteiger partial charge in [-0.2, -0.15) is 0 Å². The second-order valence-corrected chi connectivity index (χ2v) is 4.72. The first kappa shape index (κ1) is 14.3. The molecule has 4 nitrogen and oxygen atoms in total. The van der Waals surface area contributed by atoms with Gasteiger partial charge in [0.05, 0.1) is 6.54 Å². The highest BCUT2D eigenvalue weighted by Gasteiger charge is 1.99. The molecule has 0 aliphatic heterocycles. The van der Waals surface area contributed by atoms with Crippen molar-refractivity contribution in [1.82, 2.24) is 4.57 Å². The third-order valence-electron chi connectivity index (χ3n) is 3.17. The molecular weight excluding hydrogens is 252 g/mol. The molecule has 0 atom stereocenters. The van der Waals surface area contributed by atoms with Gasteiger partial charge in [0.1, 0.15) is 12.4 Å². The minimum Gasteiger partial charge on any atom is -0.492 e. The van der Waals surface area contributed by atoms with Crippen molar-refractivity contribution in [1.29, 1.82) is 0 Å². The van der Waals surface area contributed by atoms with Crippen LogP contribution in [0.2, 0.25) is 0 Å². The quantitative estimate of drug-likeness (QED) is 0.871. The van der Waals surface area contributed by atoms with E-state index in [0.29, 0.717) is 19.7 Å². The first-order valence-electron chi connectivity index (χ1n) is 6.78. The Bertz CT molecular complexity index is 603. The van der Waals surface area contributed by atoms with Crippen LogP contribution in [0.25, 0.3) is 0 Å². The lowest BCUT2D eigenvalue weighted by Crippen LogP contribution is -2.23. The molecule has 4 heteroatoms. The van der Waals surface area contributed by atoms with Crippen LogP contribution in [-0.2, 0) is 13.0 Å². The van der Waals surface area contributed by atoms with E-state index < -0.39 is 0 Å². The molecule has 0 saturated carbocycles. The summed E-state index contributed by atoms with van der Waals surface area (Å²) in [6.45, 7) is 3.48. The van der Waals surface area contributed by atoms with E-state index in [-0.39, 0.29) is 5.56 Å². The number of hydrogen-bond donors (Lipinski definition) is 1.